The van der Waals surface area contributed by atoms with Crippen molar-refractivity contribution in [1.82, 2.24) is 20.4 Å². The highest BCUT2D eigenvalue weighted by molar-refractivity contribution is 6.35. The van der Waals surface area contributed by atoms with E-state index in [1.165, 1.54) is 7.05 Å². The zero-order valence-corrected chi connectivity index (χ0v) is 14.5. The second-order valence-corrected chi connectivity index (χ2v) is 5.92. The lowest BCUT2D eigenvalue weighted by Crippen LogP contribution is -2.49. The van der Waals surface area contributed by atoms with E-state index >= 15 is 0 Å². The molecule has 1 fully saturated rings. The van der Waals surface area contributed by atoms with Crippen LogP contribution in [0.1, 0.15) is 11.6 Å². The molecule has 2 rings (SSSR count). The minimum absolute atomic E-state index is 0.0261. The molecule has 0 radical (unpaired) electrons. The van der Waals surface area contributed by atoms with Crippen LogP contribution < -0.4 is 15.4 Å². The number of rotatable bonds is 5. The highest BCUT2D eigenvalue weighted by Crippen LogP contribution is 2.23. The summed E-state index contributed by atoms with van der Waals surface area (Å²) in [6.07, 6.45) is 0. The smallest absolute Gasteiger partial charge is 0.309 e. The van der Waals surface area contributed by atoms with Crippen molar-refractivity contribution >= 4 is 11.8 Å². The van der Waals surface area contributed by atoms with Gasteiger partial charge in [-0.05, 0) is 24.7 Å². The van der Waals surface area contributed by atoms with Gasteiger partial charge in [0, 0.05) is 39.8 Å². The second kappa shape index (κ2) is 8.65. The topological polar surface area (TPSA) is 73.9 Å². The van der Waals surface area contributed by atoms with E-state index in [0.717, 1.165) is 37.5 Å². The normalized spacial score (nSPS) is 17.1. The minimum atomic E-state index is -0.623. The summed E-state index contributed by atoms with van der Waals surface area (Å²) in [6.45, 7) is 4.19. The van der Waals surface area contributed by atoms with Crippen molar-refractivity contribution in [2.45, 2.75) is 6.04 Å². The summed E-state index contributed by atoms with van der Waals surface area (Å²) < 4.78 is 5.21. The first kappa shape index (κ1) is 18.2. The molecule has 0 aliphatic carbocycles. The molecule has 0 bridgehead atoms. The summed E-state index contributed by atoms with van der Waals surface area (Å²) in [5, 5.41) is 5.07. The molecule has 1 aromatic rings. The van der Waals surface area contributed by atoms with E-state index in [2.05, 4.69) is 27.5 Å². The number of hydrogen-bond acceptors (Lipinski definition) is 5. The Morgan fingerprint density at radius 2 is 1.75 bits per heavy atom. The van der Waals surface area contributed by atoms with Gasteiger partial charge in [0.2, 0.25) is 0 Å². The Bertz CT molecular complexity index is 553. The third kappa shape index (κ3) is 4.69. The Labute approximate surface area is 142 Å². The number of carbonyl (C=O) groups is 2. The van der Waals surface area contributed by atoms with Crippen molar-refractivity contribution in [2.75, 3.05) is 53.9 Å². The first-order valence-electron chi connectivity index (χ1n) is 8.11. The van der Waals surface area contributed by atoms with E-state index in [1.54, 1.807) is 7.11 Å². The van der Waals surface area contributed by atoms with Crippen molar-refractivity contribution in [3.05, 3.63) is 29.8 Å². The maximum Gasteiger partial charge on any atom is 0.309 e. The van der Waals surface area contributed by atoms with Crippen LogP contribution in [0.2, 0.25) is 0 Å². The summed E-state index contributed by atoms with van der Waals surface area (Å²) >= 11 is 0. The van der Waals surface area contributed by atoms with E-state index in [-0.39, 0.29) is 6.04 Å². The number of ether oxygens (including phenoxy) is 1. The van der Waals surface area contributed by atoms with Crippen molar-refractivity contribution < 1.29 is 14.3 Å². The van der Waals surface area contributed by atoms with Gasteiger partial charge in [-0.25, -0.2) is 0 Å². The molecular weight excluding hydrogens is 308 g/mol. The summed E-state index contributed by atoms with van der Waals surface area (Å²) in [6, 6.07) is 7.87. The zero-order chi connectivity index (χ0) is 17.5. The number of piperazine rings is 1. The van der Waals surface area contributed by atoms with E-state index in [9.17, 15) is 9.59 Å². The molecule has 1 unspecified atom stereocenters. The number of nitrogens with zero attached hydrogens (tertiary/aromatic N) is 2. The molecule has 0 saturated carbocycles. The van der Waals surface area contributed by atoms with Gasteiger partial charge in [0.15, 0.2) is 0 Å². The average molecular weight is 334 g/mol. The van der Waals surface area contributed by atoms with Gasteiger partial charge in [0.1, 0.15) is 5.75 Å². The lowest BCUT2D eigenvalue weighted by molar-refractivity contribution is -0.139. The summed E-state index contributed by atoms with van der Waals surface area (Å²) in [5.74, 6) is -0.433. The Morgan fingerprint density at radius 1 is 1.12 bits per heavy atom. The number of carbonyl (C=O) groups excluding carboxylic acids is 2. The van der Waals surface area contributed by atoms with Crippen molar-refractivity contribution in [2.24, 2.45) is 0 Å². The van der Waals surface area contributed by atoms with Crippen LogP contribution >= 0.6 is 0 Å². The molecule has 1 heterocycles. The van der Waals surface area contributed by atoms with Crippen LogP contribution in [0.15, 0.2) is 24.3 Å². The number of hydrogen-bond donors (Lipinski definition) is 2. The first-order chi connectivity index (χ1) is 11.5. The third-order valence-electron chi connectivity index (χ3n) is 4.37. The van der Waals surface area contributed by atoms with Crippen LogP contribution in [0.25, 0.3) is 0 Å². The molecule has 0 spiro atoms. The molecule has 7 nitrogen and oxygen atoms in total. The quantitative estimate of drug-likeness (QED) is 0.733. The zero-order valence-electron chi connectivity index (χ0n) is 14.5. The molecule has 1 aliphatic heterocycles. The Balaban J connectivity index is 2.11. The first-order valence-corrected chi connectivity index (χ1v) is 8.11. The van der Waals surface area contributed by atoms with E-state index in [0.29, 0.717) is 6.54 Å². The molecule has 132 valence electrons. The van der Waals surface area contributed by atoms with Gasteiger partial charge in [-0.1, -0.05) is 12.1 Å². The molecule has 1 aromatic carbocycles. The van der Waals surface area contributed by atoms with Gasteiger partial charge in [-0.15, -0.1) is 0 Å². The van der Waals surface area contributed by atoms with Gasteiger partial charge in [0.25, 0.3) is 0 Å². The second-order valence-electron chi connectivity index (χ2n) is 5.92. The molecule has 1 saturated heterocycles. The number of benzene rings is 1. The van der Waals surface area contributed by atoms with E-state index < -0.39 is 11.8 Å². The number of likely N-dealkylation sites (N-methyl/N-ethyl adjacent to an activating group) is 2. The molecule has 0 aromatic heterocycles. The fraction of sp³-hybridized carbons (Fsp3) is 0.529. The van der Waals surface area contributed by atoms with E-state index in [4.69, 9.17) is 4.74 Å². The van der Waals surface area contributed by atoms with Gasteiger partial charge < -0.3 is 20.3 Å². The standard InChI is InChI=1S/C17H26N4O3/c1-18-16(22)17(23)19-12-15(21-10-8-20(2)9-11-21)13-4-6-14(24-3)7-5-13/h4-7,15H,8-12H2,1-3H3,(H,18,22)(H,19,23). The van der Waals surface area contributed by atoms with Crippen molar-refractivity contribution in [3.63, 3.8) is 0 Å². The minimum Gasteiger partial charge on any atom is -0.497 e. The molecule has 1 atom stereocenters. The third-order valence-corrected chi connectivity index (χ3v) is 4.37. The molecule has 2 amide bonds. The van der Waals surface area contributed by atoms with Gasteiger partial charge >= 0.3 is 11.8 Å². The van der Waals surface area contributed by atoms with Crippen LogP contribution in [0.4, 0.5) is 0 Å². The van der Waals surface area contributed by atoms with Crippen LogP contribution in [0.5, 0.6) is 5.75 Å². The van der Waals surface area contributed by atoms with Gasteiger partial charge in [0.05, 0.1) is 13.2 Å². The largest absolute Gasteiger partial charge is 0.497 e. The summed E-state index contributed by atoms with van der Waals surface area (Å²) in [5.41, 5.74) is 1.09. The average Bonchev–Trinajstić information content (AvgIpc) is 2.62. The molecule has 24 heavy (non-hydrogen) atoms. The van der Waals surface area contributed by atoms with Crippen LogP contribution in [0, 0.1) is 0 Å². The monoisotopic (exact) mass is 334 g/mol. The van der Waals surface area contributed by atoms with Crippen molar-refractivity contribution in [1.29, 1.82) is 0 Å². The summed E-state index contributed by atoms with van der Waals surface area (Å²) in [7, 11) is 5.19. The fourth-order valence-electron chi connectivity index (χ4n) is 2.80. The van der Waals surface area contributed by atoms with E-state index in [1.807, 2.05) is 24.3 Å². The predicted octanol–water partition coefficient (Wildman–Crippen LogP) is -0.154. The fourth-order valence-corrected chi connectivity index (χ4v) is 2.80. The summed E-state index contributed by atoms with van der Waals surface area (Å²) in [4.78, 5) is 27.8. The SMILES string of the molecule is CNC(=O)C(=O)NCC(c1ccc(OC)cc1)N1CCN(C)CC1. The van der Waals surface area contributed by atoms with Gasteiger partial charge in [-0.2, -0.15) is 0 Å². The molecule has 1 aliphatic rings. The highest BCUT2D eigenvalue weighted by atomic mass is 16.5. The number of amides is 2. The molecule has 7 heteroatoms. The Hall–Kier alpha value is -2.12. The van der Waals surface area contributed by atoms with Gasteiger partial charge in [-0.3, -0.25) is 14.5 Å². The van der Waals surface area contributed by atoms with Crippen LogP contribution in [0.3, 0.4) is 0 Å². The maximum absolute atomic E-state index is 11.8. The highest BCUT2D eigenvalue weighted by Gasteiger charge is 2.25. The van der Waals surface area contributed by atoms with Crippen LogP contribution in [-0.2, 0) is 9.59 Å². The predicted molar refractivity (Wildman–Crippen MR) is 91.9 cm³/mol. The molecule has 2 N–H and O–H groups in total. The number of nitrogens with one attached hydrogen (secondary N) is 2. The van der Waals surface area contributed by atoms with Crippen molar-refractivity contribution in [3.8, 4) is 5.75 Å². The lowest BCUT2D eigenvalue weighted by Gasteiger charge is -2.38. The Kier molecular flexibility index (Phi) is 6.57. The Morgan fingerprint density at radius 3 is 2.29 bits per heavy atom. The maximum atomic E-state index is 11.8. The molecular formula is C17H26N4O3. The number of methoxy groups -OCH3 is 1. The lowest BCUT2D eigenvalue weighted by atomic mass is 10.0. The van der Waals surface area contributed by atoms with Crippen LogP contribution in [-0.4, -0.2) is 75.5 Å².